The summed E-state index contributed by atoms with van der Waals surface area (Å²) < 4.78 is 23.0. The Morgan fingerprint density at radius 3 is 2.62 bits per heavy atom. The second-order valence-electron chi connectivity index (χ2n) is 5.01. The molecule has 1 aromatic carbocycles. The molecule has 2 heterocycles. The average Bonchev–Trinajstić information content (AvgIpc) is 2.78. The molecule has 0 radical (unpaired) electrons. The molecule has 1 atom stereocenters. The molecule has 1 aliphatic rings. The lowest BCUT2D eigenvalue weighted by Crippen LogP contribution is -2.21. The first-order valence-electron chi connectivity index (χ1n) is 6.59. The maximum atomic E-state index is 11.5. The summed E-state index contributed by atoms with van der Waals surface area (Å²) in [7, 11) is -2.93. The van der Waals surface area contributed by atoms with Gasteiger partial charge in [0.05, 0.1) is 11.5 Å². The predicted octanol–water partition coefficient (Wildman–Crippen LogP) is 2.40. The molecule has 5 nitrogen and oxygen atoms in total. The topological polar surface area (TPSA) is 72.0 Å². The third-order valence-electron chi connectivity index (χ3n) is 3.31. The maximum Gasteiger partial charge on any atom is 0.163 e. The van der Waals surface area contributed by atoms with Gasteiger partial charge in [0.15, 0.2) is 15.7 Å². The molecule has 110 valence electrons. The number of benzene rings is 1. The minimum atomic E-state index is -2.93. The second kappa shape index (κ2) is 5.61. The van der Waals surface area contributed by atoms with Gasteiger partial charge in [0, 0.05) is 17.7 Å². The summed E-state index contributed by atoms with van der Waals surface area (Å²) >= 11 is 6.03. The van der Waals surface area contributed by atoms with Gasteiger partial charge in [-0.25, -0.2) is 18.4 Å². The Kier molecular flexibility index (Phi) is 3.82. The highest BCUT2D eigenvalue weighted by Crippen LogP contribution is 2.22. The highest BCUT2D eigenvalue weighted by molar-refractivity contribution is 7.91. The van der Waals surface area contributed by atoms with E-state index in [-0.39, 0.29) is 17.5 Å². The maximum absolute atomic E-state index is 11.5. The fourth-order valence-corrected chi connectivity index (χ4v) is 4.18. The average molecular weight is 324 g/mol. The van der Waals surface area contributed by atoms with Crippen molar-refractivity contribution >= 4 is 27.3 Å². The number of nitrogens with one attached hydrogen (secondary N) is 1. The molecule has 1 saturated heterocycles. The molecule has 0 bridgehead atoms. The van der Waals surface area contributed by atoms with Gasteiger partial charge >= 0.3 is 0 Å². The van der Waals surface area contributed by atoms with Gasteiger partial charge in [0.1, 0.15) is 11.0 Å². The number of hydrogen-bond donors (Lipinski definition) is 1. The molecule has 7 heteroatoms. The van der Waals surface area contributed by atoms with Gasteiger partial charge in [-0.15, -0.1) is 0 Å². The van der Waals surface area contributed by atoms with Gasteiger partial charge in [-0.05, 0) is 6.42 Å². The van der Waals surface area contributed by atoms with Gasteiger partial charge in [-0.3, -0.25) is 0 Å². The molecule has 0 spiro atoms. The van der Waals surface area contributed by atoms with Crippen molar-refractivity contribution in [2.24, 2.45) is 0 Å². The van der Waals surface area contributed by atoms with Crippen LogP contribution in [0, 0.1) is 0 Å². The normalized spacial score (nSPS) is 20.3. The zero-order valence-electron chi connectivity index (χ0n) is 11.2. The Bertz CT molecular complexity index is 750. The Balaban J connectivity index is 1.85. The minimum Gasteiger partial charge on any atom is -0.366 e. The number of rotatable bonds is 3. The number of aromatic nitrogens is 2. The van der Waals surface area contributed by atoms with Crippen LogP contribution in [-0.2, 0) is 9.84 Å². The van der Waals surface area contributed by atoms with E-state index in [2.05, 4.69) is 15.3 Å². The van der Waals surface area contributed by atoms with Gasteiger partial charge < -0.3 is 5.32 Å². The number of halogens is 1. The van der Waals surface area contributed by atoms with Crippen molar-refractivity contribution in [2.45, 2.75) is 12.5 Å². The molecule has 1 N–H and O–H groups in total. The van der Waals surface area contributed by atoms with Crippen molar-refractivity contribution in [1.82, 2.24) is 9.97 Å². The summed E-state index contributed by atoms with van der Waals surface area (Å²) in [6, 6.07) is 11.0. The lowest BCUT2D eigenvalue weighted by molar-refractivity contribution is 0.602. The molecular formula is C14H14ClN3O2S. The summed E-state index contributed by atoms with van der Waals surface area (Å²) in [5.41, 5.74) is 0.863. The fourth-order valence-electron chi connectivity index (χ4n) is 2.33. The lowest BCUT2D eigenvalue weighted by atomic mass is 10.2. The quantitative estimate of drug-likeness (QED) is 0.878. The predicted molar refractivity (Wildman–Crippen MR) is 83.2 cm³/mol. The smallest absolute Gasteiger partial charge is 0.163 e. The standard InChI is InChI=1S/C14H14ClN3O2S/c15-12-8-13(16-11-6-7-21(19,20)9-11)18-14(17-12)10-4-2-1-3-5-10/h1-5,8,11H,6-7,9H2,(H,16,17,18). The van der Waals surface area contributed by atoms with E-state index in [0.717, 1.165) is 5.56 Å². The molecule has 3 rings (SSSR count). The van der Waals surface area contributed by atoms with E-state index in [1.807, 2.05) is 30.3 Å². The number of nitrogens with zero attached hydrogens (tertiary/aromatic N) is 2. The first-order valence-corrected chi connectivity index (χ1v) is 8.79. The second-order valence-corrected chi connectivity index (χ2v) is 7.63. The van der Waals surface area contributed by atoms with E-state index in [4.69, 9.17) is 11.6 Å². The molecule has 1 aromatic heterocycles. The summed E-state index contributed by atoms with van der Waals surface area (Å²) in [6.07, 6.45) is 0.588. The van der Waals surface area contributed by atoms with Crippen molar-refractivity contribution < 1.29 is 8.42 Å². The SMILES string of the molecule is O=S1(=O)CCC(Nc2cc(Cl)nc(-c3ccccc3)n2)C1. The van der Waals surface area contributed by atoms with Crippen LogP contribution in [0.5, 0.6) is 0 Å². The van der Waals surface area contributed by atoms with Crippen LogP contribution in [0.25, 0.3) is 11.4 Å². The zero-order valence-corrected chi connectivity index (χ0v) is 12.7. The Morgan fingerprint density at radius 2 is 1.95 bits per heavy atom. The molecule has 1 aliphatic heterocycles. The van der Waals surface area contributed by atoms with Gasteiger partial charge in [0.25, 0.3) is 0 Å². The van der Waals surface area contributed by atoms with Gasteiger partial charge in [0.2, 0.25) is 0 Å². The molecule has 0 amide bonds. The first kappa shape index (κ1) is 14.3. The van der Waals surface area contributed by atoms with Crippen LogP contribution >= 0.6 is 11.6 Å². The summed E-state index contributed by atoms with van der Waals surface area (Å²) in [6.45, 7) is 0. The monoisotopic (exact) mass is 323 g/mol. The molecular weight excluding hydrogens is 310 g/mol. The molecule has 1 unspecified atom stereocenters. The van der Waals surface area contributed by atoms with Crippen molar-refractivity contribution in [1.29, 1.82) is 0 Å². The van der Waals surface area contributed by atoms with Crippen molar-refractivity contribution in [3.63, 3.8) is 0 Å². The largest absolute Gasteiger partial charge is 0.366 e. The van der Waals surface area contributed by atoms with Crippen molar-refractivity contribution in [3.05, 3.63) is 41.6 Å². The molecule has 0 aliphatic carbocycles. The summed E-state index contributed by atoms with van der Waals surface area (Å²) in [5, 5.41) is 3.46. The lowest BCUT2D eigenvalue weighted by Gasteiger charge is -2.12. The van der Waals surface area contributed by atoms with Crippen molar-refractivity contribution in [2.75, 3.05) is 16.8 Å². The van der Waals surface area contributed by atoms with Gasteiger partial charge in [-0.1, -0.05) is 41.9 Å². The Labute approximate surface area is 128 Å². The Hall–Kier alpha value is -1.66. The van der Waals surface area contributed by atoms with Crippen LogP contribution in [0.4, 0.5) is 5.82 Å². The number of hydrogen-bond acceptors (Lipinski definition) is 5. The fraction of sp³-hybridized carbons (Fsp3) is 0.286. The van der Waals surface area contributed by atoms with E-state index < -0.39 is 9.84 Å². The molecule has 1 fully saturated rings. The molecule has 2 aromatic rings. The Morgan fingerprint density at radius 1 is 1.19 bits per heavy atom. The highest BCUT2D eigenvalue weighted by atomic mass is 35.5. The van der Waals surface area contributed by atoms with Gasteiger partial charge in [-0.2, -0.15) is 0 Å². The van der Waals surface area contributed by atoms with Crippen LogP contribution in [-0.4, -0.2) is 35.9 Å². The number of sulfone groups is 1. The van der Waals surface area contributed by atoms with Crippen LogP contribution < -0.4 is 5.32 Å². The first-order chi connectivity index (χ1) is 10.0. The number of anilines is 1. The molecule has 21 heavy (non-hydrogen) atoms. The minimum absolute atomic E-state index is 0.121. The zero-order chi connectivity index (χ0) is 14.9. The highest BCUT2D eigenvalue weighted by Gasteiger charge is 2.28. The van der Waals surface area contributed by atoms with E-state index in [0.29, 0.717) is 23.2 Å². The van der Waals surface area contributed by atoms with E-state index in [9.17, 15) is 8.42 Å². The van der Waals surface area contributed by atoms with E-state index >= 15 is 0 Å². The summed E-state index contributed by atoms with van der Waals surface area (Å²) in [5.74, 6) is 1.42. The third kappa shape index (κ3) is 3.51. The van der Waals surface area contributed by atoms with Crippen LogP contribution in [0.3, 0.4) is 0 Å². The summed E-state index contributed by atoms with van der Waals surface area (Å²) in [4.78, 5) is 8.62. The molecule has 0 saturated carbocycles. The van der Waals surface area contributed by atoms with Crippen LogP contribution in [0.15, 0.2) is 36.4 Å². The van der Waals surface area contributed by atoms with Crippen LogP contribution in [0.1, 0.15) is 6.42 Å². The van der Waals surface area contributed by atoms with E-state index in [1.54, 1.807) is 6.07 Å². The third-order valence-corrected chi connectivity index (χ3v) is 5.27. The van der Waals surface area contributed by atoms with E-state index in [1.165, 1.54) is 0 Å². The van der Waals surface area contributed by atoms with Crippen molar-refractivity contribution in [3.8, 4) is 11.4 Å². The van der Waals surface area contributed by atoms with Crippen LogP contribution in [0.2, 0.25) is 5.15 Å².